The first kappa shape index (κ1) is 18.1. The third kappa shape index (κ3) is 4.24. The molecule has 1 unspecified atom stereocenters. The van der Waals surface area contributed by atoms with E-state index in [1.807, 2.05) is 0 Å². The lowest BCUT2D eigenvalue weighted by atomic mass is 10.3. The van der Waals surface area contributed by atoms with Crippen molar-refractivity contribution in [2.45, 2.75) is 15.8 Å². The second kappa shape index (κ2) is 6.85. The van der Waals surface area contributed by atoms with Crippen molar-refractivity contribution in [1.29, 1.82) is 0 Å². The number of sulfone groups is 1. The van der Waals surface area contributed by atoms with Crippen LogP contribution in [0.2, 0.25) is 0 Å². The Hall–Kier alpha value is -0.990. The monoisotopic (exact) mass is 345 g/mol. The molecule has 0 heterocycles. The summed E-state index contributed by atoms with van der Waals surface area (Å²) < 4.78 is 66.1. The quantitative estimate of drug-likeness (QED) is 0.744. The van der Waals surface area contributed by atoms with Gasteiger partial charge < -0.3 is 9.64 Å². The summed E-state index contributed by atoms with van der Waals surface area (Å²) in [6, 6.07) is 4.92. The molecule has 0 saturated carbocycles. The topological polar surface area (TPSA) is 46.6 Å². The highest BCUT2D eigenvalue weighted by atomic mass is 35.5. The lowest BCUT2D eigenvalue weighted by Gasteiger charge is -2.24. The molecule has 0 aliphatic heterocycles. The number of benzene rings is 1. The summed E-state index contributed by atoms with van der Waals surface area (Å²) in [5.74, 6) is 0. The molecule has 0 N–H and O–H groups in total. The van der Waals surface area contributed by atoms with Gasteiger partial charge in [0.2, 0.25) is 0 Å². The molecule has 120 valence electrons. The fraction of sp³-hybridized carbons (Fsp3) is 0.500. The summed E-state index contributed by atoms with van der Waals surface area (Å²) >= 11 is 5.94. The average Bonchev–Trinajstić information content (AvgIpc) is 2.37. The molecule has 1 atom stereocenters. The first-order chi connectivity index (χ1) is 9.61. The lowest BCUT2D eigenvalue weighted by Crippen LogP contribution is -2.31. The van der Waals surface area contributed by atoms with Crippen molar-refractivity contribution in [2.75, 3.05) is 32.2 Å². The van der Waals surface area contributed by atoms with Gasteiger partial charge in [-0.2, -0.15) is 13.2 Å². The average molecular weight is 346 g/mol. The Labute approximate surface area is 126 Å². The first-order valence-electron chi connectivity index (χ1n) is 5.85. The number of hydrogen-bond acceptors (Lipinski definition) is 4. The molecule has 0 aromatic heterocycles. The second-order valence-corrected chi connectivity index (χ2v) is 6.88. The van der Waals surface area contributed by atoms with Crippen molar-refractivity contribution in [3.05, 3.63) is 24.3 Å². The highest BCUT2D eigenvalue weighted by Crippen LogP contribution is 2.35. The number of halogens is 4. The second-order valence-electron chi connectivity index (χ2n) is 4.35. The van der Waals surface area contributed by atoms with Gasteiger partial charge in [0.25, 0.3) is 9.84 Å². The van der Waals surface area contributed by atoms with Gasteiger partial charge in [-0.15, -0.1) is 11.6 Å². The third-order valence-electron chi connectivity index (χ3n) is 2.69. The van der Waals surface area contributed by atoms with Crippen LogP contribution in [0.1, 0.15) is 0 Å². The highest BCUT2D eigenvalue weighted by molar-refractivity contribution is 7.92. The summed E-state index contributed by atoms with van der Waals surface area (Å²) in [6.45, 7) is 0.333. The number of hydrogen-bond donors (Lipinski definition) is 0. The minimum absolute atomic E-state index is 0.0587. The van der Waals surface area contributed by atoms with Crippen LogP contribution in [-0.4, -0.2) is 46.6 Å². The minimum Gasteiger partial charge on any atom is -0.383 e. The number of anilines is 1. The van der Waals surface area contributed by atoms with Gasteiger partial charge in [0.1, 0.15) is 0 Å². The van der Waals surface area contributed by atoms with E-state index in [4.69, 9.17) is 16.3 Å². The van der Waals surface area contributed by atoms with Crippen LogP contribution in [0.15, 0.2) is 29.2 Å². The fourth-order valence-electron chi connectivity index (χ4n) is 1.75. The molecular formula is C12H15ClF3NO3S. The van der Waals surface area contributed by atoms with Gasteiger partial charge >= 0.3 is 5.51 Å². The van der Waals surface area contributed by atoms with Crippen LogP contribution in [0.5, 0.6) is 0 Å². The molecule has 0 amide bonds. The lowest BCUT2D eigenvalue weighted by molar-refractivity contribution is -0.0435. The van der Waals surface area contributed by atoms with Crippen molar-refractivity contribution in [3.63, 3.8) is 0 Å². The standard InChI is InChI=1S/C12H15ClF3NO3S/c1-17(7-9(13)8-20-2)10-5-3-4-6-11(10)21(18,19)12(14,15)16/h3-6,9H,7-8H2,1-2H3. The molecule has 0 aliphatic rings. The number of ether oxygens (including phenoxy) is 1. The van der Waals surface area contributed by atoms with Gasteiger partial charge in [-0.05, 0) is 12.1 Å². The Morgan fingerprint density at radius 3 is 2.43 bits per heavy atom. The molecule has 1 rings (SSSR count). The van der Waals surface area contributed by atoms with E-state index in [-0.39, 0.29) is 18.8 Å². The summed E-state index contributed by atoms with van der Waals surface area (Å²) in [7, 11) is -2.51. The van der Waals surface area contributed by atoms with E-state index < -0.39 is 25.6 Å². The smallest absolute Gasteiger partial charge is 0.383 e. The molecule has 0 aliphatic carbocycles. The van der Waals surface area contributed by atoms with E-state index in [9.17, 15) is 21.6 Å². The Kier molecular flexibility index (Phi) is 5.89. The predicted molar refractivity (Wildman–Crippen MR) is 74.5 cm³/mol. The summed E-state index contributed by atoms with van der Waals surface area (Å²) in [6.07, 6.45) is 0. The highest BCUT2D eigenvalue weighted by Gasteiger charge is 2.48. The van der Waals surface area contributed by atoms with Crippen LogP contribution < -0.4 is 4.90 Å². The summed E-state index contributed by atoms with van der Waals surface area (Å²) in [4.78, 5) is 0.566. The Morgan fingerprint density at radius 1 is 1.33 bits per heavy atom. The van der Waals surface area contributed by atoms with E-state index >= 15 is 0 Å². The number of para-hydroxylation sites is 1. The molecule has 1 aromatic carbocycles. The maximum atomic E-state index is 12.7. The van der Waals surface area contributed by atoms with Gasteiger partial charge in [0, 0.05) is 20.7 Å². The van der Waals surface area contributed by atoms with Crippen molar-refractivity contribution < 1.29 is 26.3 Å². The molecule has 0 fully saturated rings. The van der Waals surface area contributed by atoms with Gasteiger partial charge in [-0.3, -0.25) is 0 Å². The molecule has 0 spiro atoms. The SMILES string of the molecule is COCC(Cl)CN(C)c1ccccc1S(=O)(=O)C(F)(F)F. The van der Waals surface area contributed by atoms with E-state index in [0.29, 0.717) is 0 Å². The van der Waals surface area contributed by atoms with Crippen LogP contribution >= 0.6 is 11.6 Å². The fourth-order valence-corrected chi connectivity index (χ4v) is 3.09. The molecule has 0 saturated heterocycles. The molecule has 4 nitrogen and oxygen atoms in total. The normalized spacial score (nSPS) is 14.0. The zero-order chi connectivity index (χ0) is 16.3. The van der Waals surface area contributed by atoms with E-state index in [1.165, 1.54) is 37.3 Å². The van der Waals surface area contributed by atoms with Crippen molar-refractivity contribution in [1.82, 2.24) is 0 Å². The maximum Gasteiger partial charge on any atom is 0.501 e. The van der Waals surface area contributed by atoms with Crippen LogP contribution in [0.25, 0.3) is 0 Å². The van der Waals surface area contributed by atoms with E-state index in [2.05, 4.69) is 0 Å². The zero-order valence-electron chi connectivity index (χ0n) is 11.4. The van der Waals surface area contributed by atoms with Gasteiger partial charge in [-0.25, -0.2) is 8.42 Å². The summed E-state index contributed by atoms with van der Waals surface area (Å²) in [5.41, 5.74) is -5.41. The zero-order valence-corrected chi connectivity index (χ0v) is 13.0. The third-order valence-corrected chi connectivity index (χ3v) is 4.49. The van der Waals surface area contributed by atoms with Crippen molar-refractivity contribution >= 4 is 27.1 Å². The van der Waals surface area contributed by atoms with Crippen LogP contribution in [-0.2, 0) is 14.6 Å². The Morgan fingerprint density at radius 2 is 1.90 bits per heavy atom. The van der Waals surface area contributed by atoms with Crippen molar-refractivity contribution in [3.8, 4) is 0 Å². The van der Waals surface area contributed by atoms with Gasteiger partial charge in [0.05, 0.1) is 22.6 Å². The predicted octanol–water partition coefficient (Wildman–Crippen LogP) is 2.67. The molecular weight excluding hydrogens is 331 g/mol. The van der Waals surface area contributed by atoms with E-state index in [1.54, 1.807) is 0 Å². The Balaban J connectivity index is 3.17. The van der Waals surface area contributed by atoms with Gasteiger partial charge in [0.15, 0.2) is 0 Å². The first-order valence-corrected chi connectivity index (χ1v) is 7.77. The molecule has 21 heavy (non-hydrogen) atoms. The van der Waals surface area contributed by atoms with Crippen molar-refractivity contribution in [2.24, 2.45) is 0 Å². The minimum atomic E-state index is -5.42. The number of nitrogens with zero attached hydrogens (tertiary/aromatic N) is 1. The number of alkyl halides is 4. The van der Waals surface area contributed by atoms with E-state index in [0.717, 1.165) is 6.07 Å². The van der Waals surface area contributed by atoms with Gasteiger partial charge in [-0.1, -0.05) is 12.1 Å². The number of rotatable bonds is 6. The Bertz CT molecular complexity index is 577. The number of methoxy groups -OCH3 is 1. The van der Waals surface area contributed by atoms with Crippen LogP contribution in [0, 0.1) is 0 Å². The van der Waals surface area contributed by atoms with Crippen LogP contribution in [0.3, 0.4) is 0 Å². The molecule has 1 aromatic rings. The maximum absolute atomic E-state index is 12.7. The largest absolute Gasteiger partial charge is 0.501 e. The molecule has 0 radical (unpaired) electrons. The molecule has 9 heteroatoms. The van der Waals surface area contributed by atoms with Crippen LogP contribution in [0.4, 0.5) is 18.9 Å². The molecule has 0 bridgehead atoms. The summed E-state index contributed by atoms with van der Waals surface area (Å²) in [5, 5.41) is -0.485.